The third-order valence-electron chi connectivity index (χ3n) is 4.49. The van der Waals surface area contributed by atoms with Crippen LogP contribution >= 0.6 is 69.6 Å². The van der Waals surface area contributed by atoms with Crippen LogP contribution in [0.1, 0.15) is 38.6 Å². The minimum absolute atomic E-state index is 0.00947. The average molecular weight is 534 g/mol. The molecule has 1 N–H and O–H groups in total. The van der Waals surface area contributed by atoms with Crippen molar-refractivity contribution in [2.45, 2.75) is 40.8 Å². The molecule has 1 atom stereocenters. The molecule has 5 nitrogen and oxygen atoms in total. The van der Waals surface area contributed by atoms with Crippen LogP contribution < -0.4 is 5.32 Å². The molecule has 1 unspecified atom stereocenters. The molecular formula is C19H23Cl6N5. The van der Waals surface area contributed by atoms with Gasteiger partial charge < -0.3 is 10.2 Å². The van der Waals surface area contributed by atoms with Crippen LogP contribution in [-0.2, 0) is 7.59 Å². The third-order valence-corrected chi connectivity index (χ3v) is 5.65. The van der Waals surface area contributed by atoms with Gasteiger partial charge in [-0.2, -0.15) is 9.97 Å². The van der Waals surface area contributed by atoms with E-state index in [1.165, 1.54) is 0 Å². The summed E-state index contributed by atoms with van der Waals surface area (Å²) in [6.07, 6.45) is 0.897. The summed E-state index contributed by atoms with van der Waals surface area (Å²) >= 11 is 36.2. The lowest BCUT2D eigenvalue weighted by Gasteiger charge is -2.21. The molecule has 0 fully saturated rings. The van der Waals surface area contributed by atoms with Gasteiger partial charge in [0.05, 0.1) is 0 Å². The zero-order valence-electron chi connectivity index (χ0n) is 16.8. The molecule has 0 bridgehead atoms. The van der Waals surface area contributed by atoms with Gasteiger partial charge in [0, 0.05) is 23.7 Å². The first-order valence-corrected chi connectivity index (χ1v) is 11.7. The Morgan fingerprint density at radius 2 is 1.63 bits per heavy atom. The van der Waals surface area contributed by atoms with Gasteiger partial charge in [0.15, 0.2) is 11.6 Å². The van der Waals surface area contributed by atoms with E-state index >= 15 is 0 Å². The smallest absolute Gasteiger partial charge is 0.250 e. The van der Waals surface area contributed by atoms with E-state index in [-0.39, 0.29) is 11.9 Å². The van der Waals surface area contributed by atoms with Crippen molar-refractivity contribution in [1.82, 2.24) is 19.9 Å². The predicted molar refractivity (Wildman–Crippen MR) is 129 cm³/mol. The van der Waals surface area contributed by atoms with Crippen molar-refractivity contribution < 1.29 is 0 Å². The van der Waals surface area contributed by atoms with Crippen LogP contribution in [0, 0.1) is 0 Å². The number of benzene rings is 1. The summed E-state index contributed by atoms with van der Waals surface area (Å²) in [5, 5.41) is 3.27. The minimum Gasteiger partial charge on any atom is -0.352 e. The van der Waals surface area contributed by atoms with Gasteiger partial charge in [0.1, 0.15) is 0 Å². The summed E-state index contributed by atoms with van der Waals surface area (Å²) in [6.45, 7) is 9.26. The second-order valence-electron chi connectivity index (χ2n) is 6.74. The molecule has 166 valence electrons. The largest absolute Gasteiger partial charge is 0.352 e. The second-order valence-corrected chi connectivity index (χ2v) is 11.3. The lowest BCUT2D eigenvalue weighted by molar-refractivity contribution is 0.295. The Bertz CT molecular complexity index is 833. The molecule has 0 saturated carbocycles. The number of rotatable bonds is 8. The highest BCUT2D eigenvalue weighted by atomic mass is 35.6. The predicted octanol–water partition coefficient (Wildman–Crippen LogP) is 6.72. The standard InChI is InChI=1S/C19H23Cl6N5/c1-4-30(5-2)10-9-12(3)26-17-28-15(27-16(29-17)19(23,24)25)13-7-6-8-14(11-13)18(20,21)22/h6-8,11-12H,4-5,9-10H2,1-3H3,(H,26,27,28,29). The maximum Gasteiger partial charge on any atom is 0.250 e. The van der Waals surface area contributed by atoms with Crippen LogP contribution in [0.25, 0.3) is 11.4 Å². The number of nitrogens with one attached hydrogen (secondary N) is 1. The van der Waals surface area contributed by atoms with Crippen molar-refractivity contribution in [2.75, 3.05) is 25.0 Å². The number of halogens is 6. The molecule has 2 aromatic rings. The van der Waals surface area contributed by atoms with Crippen molar-refractivity contribution in [1.29, 1.82) is 0 Å². The van der Waals surface area contributed by atoms with Gasteiger partial charge >= 0.3 is 0 Å². The number of hydrogen-bond donors (Lipinski definition) is 1. The Labute approximate surface area is 207 Å². The Balaban J connectivity index is 2.34. The van der Waals surface area contributed by atoms with Crippen molar-refractivity contribution in [3.05, 3.63) is 35.7 Å². The Morgan fingerprint density at radius 1 is 0.967 bits per heavy atom. The summed E-state index contributed by atoms with van der Waals surface area (Å²) in [6, 6.07) is 6.99. The van der Waals surface area contributed by atoms with Crippen molar-refractivity contribution in [3.8, 4) is 11.4 Å². The van der Waals surface area contributed by atoms with E-state index in [0.29, 0.717) is 22.9 Å². The van der Waals surface area contributed by atoms with Gasteiger partial charge in [-0.1, -0.05) is 102 Å². The molecule has 0 aliphatic carbocycles. The molecule has 1 aromatic carbocycles. The molecule has 0 saturated heterocycles. The Morgan fingerprint density at radius 3 is 2.20 bits per heavy atom. The molecule has 0 aliphatic rings. The Kier molecular flexibility index (Phi) is 9.56. The maximum absolute atomic E-state index is 6.05. The van der Waals surface area contributed by atoms with E-state index in [1.807, 2.05) is 6.92 Å². The molecule has 2 rings (SSSR count). The lowest BCUT2D eigenvalue weighted by Crippen LogP contribution is -2.29. The summed E-state index contributed by atoms with van der Waals surface area (Å²) in [5.74, 6) is 0.628. The number of aromatic nitrogens is 3. The van der Waals surface area contributed by atoms with Crippen LogP contribution in [-0.4, -0.2) is 45.5 Å². The fourth-order valence-electron chi connectivity index (χ4n) is 2.74. The van der Waals surface area contributed by atoms with Gasteiger partial charge in [0.2, 0.25) is 13.5 Å². The second kappa shape index (κ2) is 11.0. The first-order chi connectivity index (χ1) is 13.9. The fourth-order valence-corrected chi connectivity index (χ4v) is 3.35. The zero-order valence-corrected chi connectivity index (χ0v) is 21.3. The van der Waals surface area contributed by atoms with Gasteiger partial charge in [-0.25, -0.2) is 4.98 Å². The van der Waals surface area contributed by atoms with Crippen molar-refractivity contribution in [2.24, 2.45) is 0 Å². The minimum atomic E-state index is -1.81. The van der Waals surface area contributed by atoms with E-state index in [4.69, 9.17) is 69.6 Å². The molecular weight excluding hydrogens is 511 g/mol. The fraction of sp³-hybridized carbons (Fsp3) is 0.526. The number of alkyl halides is 6. The number of hydrogen-bond acceptors (Lipinski definition) is 5. The monoisotopic (exact) mass is 531 g/mol. The van der Waals surface area contributed by atoms with Gasteiger partial charge in [-0.05, 0) is 32.5 Å². The molecule has 0 amide bonds. The van der Waals surface area contributed by atoms with Crippen LogP contribution in [0.3, 0.4) is 0 Å². The summed E-state index contributed by atoms with van der Waals surface area (Å²) in [4.78, 5) is 15.4. The third kappa shape index (κ3) is 7.70. The highest BCUT2D eigenvalue weighted by molar-refractivity contribution is 6.67. The first kappa shape index (κ1) is 26.0. The quantitative estimate of drug-likeness (QED) is 0.381. The van der Waals surface area contributed by atoms with E-state index in [0.717, 1.165) is 26.1 Å². The van der Waals surface area contributed by atoms with E-state index < -0.39 is 7.59 Å². The van der Waals surface area contributed by atoms with E-state index in [1.54, 1.807) is 24.3 Å². The molecule has 0 radical (unpaired) electrons. The molecule has 1 aromatic heterocycles. The van der Waals surface area contributed by atoms with Gasteiger partial charge in [-0.15, -0.1) is 0 Å². The van der Waals surface area contributed by atoms with Crippen LogP contribution in [0.2, 0.25) is 0 Å². The van der Waals surface area contributed by atoms with Crippen LogP contribution in [0.15, 0.2) is 24.3 Å². The van der Waals surface area contributed by atoms with E-state index in [2.05, 4.69) is 39.0 Å². The van der Waals surface area contributed by atoms with Gasteiger partial charge in [-0.3, -0.25) is 0 Å². The molecule has 1 heterocycles. The number of nitrogens with zero attached hydrogens (tertiary/aromatic N) is 4. The van der Waals surface area contributed by atoms with Crippen LogP contribution in [0.4, 0.5) is 5.95 Å². The van der Waals surface area contributed by atoms with Crippen molar-refractivity contribution >= 4 is 75.6 Å². The van der Waals surface area contributed by atoms with Crippen molar-refractivity contribution in [3.63, 3.8) is 0 Å². The highest BCUT2D eigenvalue weighted by Gasteiger charge is 2.29. The summed E-state index contributed by atoms with van der Waals surface area (Å²) in [5.41, 5.74) is 1.08. The maximum atomic E-state index is 6.05. The summed E-state index contributed by atoms with van der Waals surface area (Å²) < 4.78 is -3.40. The normalized spacial score (nSPS) is 13.5. The first-order valence-electron chi connectivity index (χ1n) is 9.43. The topological polar surface area (TPSA) is 53.9 Å². The number of anilines is 1. The SMILES string of the molecule is CCN(CC)CCC(C)Nc1nc(-c2cccc(C(Cl)(Cl)Cl)c2)nc(C(Cl)(Cl)Cl)n1. The Hall–Kier alpha value is -0.270. The van der Waals surface area contributed by atoms with Crippen LogP contribution in [0.5, 0.6) is 0 Å². The molecule has 30 heavy (non-hydrogen) atoms. The molecule has 0 aliphatic heterocycles. The lowest BCUT2D eigenvalue weighted by atomic mass is 10.1. The zero-order chi connectivity index (χ0) is 22.5. The van der Waals surface area contributed by atoms with E-state index in [9.17, 15) is 0 Å². The average Bonchev–Trinajstić information content (AvgIpc) is 2.67. The summed E-state index contributed by atoms with van der Waals surface area (Å²) in [7, 11) is 0. The molecule has 0 spiro atoms. The molecule has 11 heteroatoms. The highest BCUT2D eigenvalue weighted by Crippen LogP contribution is 2.40. The van der Waals surface area contributed by atoms with Gasteiger partial charge in [0.25, 0.3) is 0 Å².